The van der Waals surface area contributed by atoms with Gasteiger partial charge < -0.3 is 24.7 Å². The molecule has 1 aliphatic heterocycles. The summed E-state index contributed by atoms with van der Waals surface area (Å²) in [6.45, 7) is 12.7. The van der Waals surface area contributed by atoms with Gasteiger partial charge in [-0.05, 0) is 110 Å². The van der Waals surface area contributed by atoms with Gasteiger partial charge in [-0.15, -0.1) is 0 Å². The molecule has 3 heterocycles. The summed E-state index contributed by atoms with van der Waals surface area (Å²) >= 11 is 6.24. The van der Waals surface area contributed by atoms with Crippen LogP contribution in [0.5, 0.6) is 11.5 Å². The number of sulfonamides is 1. The lowest BCUT2D eigenvalue weighted by Gasteiger charge is -2.39. The number of benzene rings is 3. The minimum atomic E-state index is -4.57. The van der Waals surface area contributed by atoms with Gasteiger partial charge in [0, 0.05) is 73.7 Å². The summed E-state index contributed by atoms with van der Waals surface area (Å²) in [5.74, 6) is -0.500. The van der Waals surface area contributed by atoms with Crippen LogP contribution in [0.15, 0.2) is 95.7 Å². The Morgan fingerprint density at radius 1 is 1.03 bits per heavy atom. The summed E-state index contributed by atoms with van der Waals surface area (Å²) < 4.78 is 35.7. The second-order valence-electron chi connectivity index (χ2n) is 17.6. The average molecular weight is 901 g/mol. The lowest BCUT2D eigenvalue weighted by molar-refractivity contribution is -0.384. The van der Waals surface area contributed by atoms with Gasteiger partial charge in [-0.1, -0.05) is 49.6 Å². The molecule has 17 heteroatoms. The Kier molecular flexibility index (Phi) is 13.4. The summed E-state index contributed by atoms with van der Waals surface area (Å²) in [5, 5.41) is 16.6. The summed E-state index contributed by atoms with van der Waals surface area (Å²) in [7, 11) is -6.77. The van der Waals surface area contributed by atoms with Crippen molar-refractivity contribution in [3.63, 3.8) is 0 Å². The topological polar surface area (TPSA) is 183 Å². The number of fused-ring (bicyclic) bond motifs is 1. The zero-order chi connectivity index (χ0) is 44.2. The Morgan fingerprint density at radius 3 is 2.52 bits per heavy atom. The Balaban J connectivity index is 1.08. The van der Waals surface area contributed by atoms with Gasteiger partial charge in [-0.25, -0.2) is 18.1 Å². The van der Waals surface area contributed by atoms with Crippen molar-refractivity contribution in [1.82, 2.24) is 19.6 Å². The van der Waals surface area contributed by atoms with E-state index in [-0.39, 0.29) is 22.4 Å². The molecule has 0 saturated carbocycles. The van der Waals surface area contributed by atoms with E-state index in [1.165, 1.54) is 41.1 Å². The molecule has 1 saturated heterocycles. The van der Waals surface area contributed by atoms with Gasteiger partial charge in [-0.3, -0.25) is 19.8 Å². The number of allylic oxidation sites excluding steroid dienone is 1. The highest BCUT2D eigenvalue weighted by Crippen LogP contribution is 2.43. The normalized spacial score (nSPS) is 16.1. The molecule has 1 fully saturated rings. The molecule has 2 aromatic heterocycles. The number of hydrogen-bond donors (Lipinski definition) is 4. The van der Waals surface area contributed by atoms with Gasteiger partial charge in [0.25, 0.3) is 21.6 Å². The molecule has 328 valence electrons. The number of aromatic nitrogens is 2. The Morgan fingerprint density at radius 2 is 1.79 bits per heavy atom. The van der Waals surface area contributed by atoms with E-state index in [0.29, 0.717) is 30.4 Å². The standard InChI is InChI=1S/C45H54ClN7O7SSi/c1-45(2)17-15-33(39(28-45)31-7-9-34(46)10-8-31)30-51-20-22-52(23-21-51)35-11-13-38(42(26-35)60-36-25-32-16-19-48-43(32)49-29-36)44(54)50-61(57,58)37-12-14-40(41(27-37)53(55)56)47-18-5-6-24-62(3,4)59/h7-14,16,19,25-27,29,47,59H,5-6,15,17-18,20-24,28,30H2,1-4H3,(H,48,49)(H,50,54). The highest BCUT2D eigenvalue weighted by atomic mass is 35.5. The van der Waals surface area contributed by atoms with E-state index in [1.54, 1.807) is 24.4 Å². The monoisotopic (exact) mass is 899 g/mol. The zero-order valence-electron chi connectivity index (χ0n) is 35.5. The number of anilines is 2. The fraction of sp³-hybridized carbons (Fsp3) is 0.378. The van der Waals surface area contributed by atoms with Gasteiger partial charge in [0.05, 0.1) is 21.6 Å². The van der Waals surface area contributed by atoms with Gasteiger partial charge in [0.15, 0.2) is 8.32 Å². The molecule has 1 aliphatic carbocycles. The van der Waals surface area contributed by atoms with Crippen LogP contribution in [-0.4, -0.2) is 86.5 Å². The molecule has 0 spiro atoms. The largest absolute Gasteiger partial charge is 0.455 e. The molecule has 3 aromatic carbocycles. The molecular formula is C45H54ClN7O7SSi. The molecule has 2 aliphatic rings. The number of carbonyl (C=O) groups is 1. The highest BCUT2D eigenvalue weighted by molar-refractivity contribution is 7.90. The van der Waals surface area contributed by atoms with Crippen LogP contribution in [0, 0.1) is 15.5 Å². The maximum absolute atomic E-state index is 13.9. The number of nitrogens with one attached hydrogen (secondary N) is 3. The smallest absolute Gasteiger partial charge is 0.293 e. The molecule has 7 rings (SSSR count). The molecule has 14 nitrogen and oxygen atoms in total. The highest BCUT2D eigenvalue weighted by Gasteiger charge is 2.30. The molecule has 0 atom stereocenters. The minimum absolute atomic E-state index is 0.0473. The van der Waals surface area contributed by atoms with Crippen molar-refractivity contribution in [3.05, 3.63) is 117 Å². The fourth-order valence-electron chi connectivity index (χ4n) is 8.10. The Bertz CT molecular complexity index is 2590. The predicted octanol–water partition coefficient (Wildman–Crippen LogP) is 9.21. The Labute approximate surface area is 368 Å². The van der Waals surface area contributed by atoms with Crippen molar-refractivity contribution in [3.8, 4) is 11.5 Å². The summed E-state index contributed by atoms with van der Waals surface area (Å²) in [6, 6.07) is 21.0. The van der Waals surface area contributed by atoms with Crippen molar-refractivity contribution in [2.45, 2.75) is 70.0 Å². The lowest BCUT2D eigenvalue weighted by atomic mass is 9.72. The molecule has 0 unspecified atom stereocenters. The fourth-order valence-corrected chi connectivity index (χ4v) is 10.3. The maximum atomic E-state index is 13.9. The molecule has 4 N–H and O–H groups in total. The first-order valence-corrected chi connectivity index (χ1v) is 26.0. The minimum Gasteiger partial charge on any atom is -0.455 e. The molecule has 1 amide bonds. The van der Waals surface area contributed by atoms with Crippen LogP contribution in [0.3, 0.4) is 0 Å². The van der Waals surface area contributed by atoms with Gasteiger partial charge in [-0.2, -0.15) is 0 Å². The number of rotatable bonds is 16. The van der Waals surface area contributed by atoms with Crippen LogP contribution in [0.4, 0.5) is 17.1 Å². The third kappa shape index (κ3) is 11.2. The number of amides is 1. The van der Waals surface area contributed by atoms with E-state index >= 15 is 0 Å². The van der Waals surface area contributed by atoms with Crippen molar-refractivity contribution in [2.75, 3.05) is 49.5 Å². The molecule has 0 radical (unpaired) electrons. The average Bonchev–Trinajstić information content (AvgIpc) is 3.69. The number of ether oxygens (including phenoxy) is 1. The second kappa shape index (κ2) is 18.6. The molecule has 62 heavy (non-hydrogen) atoms. The van der Waals surface area contributed by atoms with E-state index in [9.17, 15) is 28.1 Å². The van der Waals surface area contributed by atoms with Crippen molar-refractivity contribution >= 4 is 69.5 Å². The van der Waals surface area contributed by atoms with Gasteiger partial charge in [0.2, 0.25) is 0 Å². The van der Waals surface area contributed by atoms with Crippen LogP contribution in [0.2, 0.25) is 24.2 Å². The van der Waals surface area contributed by atoms with Crippen molar-refractivity contribution in [1.29, 1.82) is 0 Å². The van der Waals surface area contributed by atoms with E-state index in [2.05, 4.69) is 55.8 Å². The number of aromatic amines is 1. The first-order valence-electron chi connectivity index (χ1n) is 20.9. The van der Waals surface area contributed by atoms with Crippen molar-refractivity contribution in [2.24, 2.45) is 5.41 Å². The van der Waals surface area contributed by atoms with E-state index in [1.807, 2.05) is 31.3 Å². The first kappa shape index (κ1) is 44.8. The first-order chi connectivity index (χ1) is 29.4. The maximum Gasteiger partial charge on any atom is 0.293 e. The van der Waals surface area contributed by atoms with E-state index < -0.39 is 39.8 Å². The number of nitro groups is 1. The van der Waals surface area contributed by atoms with E-state index in [0.717, 1.165) is 80.6 Å². The van der Waals surface area contributed by atoms with Gasteiger partial charge in [0.1, 0.15) is 22.8 Å². The third-order valence-electron chi connectivity index (χ3n) is 11.6. The van der Waals surface area contributed by atoms with Crippen LogP contribution >= 0.6 is 11.6 Å². The van der Waals surface area contributed by atoms with Crippen LogP contribution < -0.4 is 19.7 Å². The molecule has 0 bridgehead atoms. The second-order valence-corrected chi connectivity index (χ2v) is 23.9. The third-order valence-corrected chi connectivity index (χ3v) is 14.7. The number of halogens is 1. The molecule has 5 aromatic rings. The van der Waals surface area contributed by atoms with Crippen LogP contribution in [0.1, 0.15) is 61.9 Å². The quantitative estimate of drug-likeness (QED) is 0.0321. The number of hydrogen-bond acceptors (Lipinski definition) is 11. The number of unbranched alkanes of at least 4 members (excludes halogenated alkanes) is 1. The number of nitro benzene ring substituents is 1. The molecular weight excluding hydrogens is 846 g/mol. The van der Waals surface area contributed by atoms with Crippen LogP contribution in [-0.2, 0) is 10.0 Å². The number of H-pyrrole nitrogens is 1. The number of nitrogens with zero attached hydrogens (tertiary/aromatic N) is 4. The SMILES string of the molecule is CC1(C)CCC(CN2CCN(c3ccc(C(=O)NS(=O)(=O)c4ccc(NCCCC[Si](C)(C)O)c([N+](=O)[O-])c4)c(Oc4cnc5[nH]ccc5c4)c3)CC2)=C(c2ccc(Cl)cc2)C1. The summed E-state index contributed by atoms with van der Waals surface area (Å²) in [5.41, 5.74) is 5.44. The number of carbonyl (C=O) groups excluding carboxylic acids is 1. The summed E-state index contributed by atoms with van der Waals surface area (Å²) in [6.07, 6.45) is 7.88. The van der Waals surface area contributed by atoms with Crippen LogP contribution in [0.25, 0.3) is 16.6 Å². The zero-order valence-corrected chi connectivity index (χ0v) is 38.1. The summed E-state index contributed by atoms with van der Waals surface area (Å²) in [4.78, 5) is 47.1. The van der Waals surface area contributed by atoms with Gasteiger partial charge >= 0.3 is 0 Å². The lowest BCUT2D eigenvalue weighted by Crippen LogP contribution is -2.47. The van der Waals surface area contributed by atoms with E-state index in [4.69, 9.17) is 16.3 Å². The van der Waals surface area contributed by atoms with Crippen molar-refractivity contribution < 1.29 is 27.7 Å². The predicted molar refractivity (Wildman–Crippen MR) is 247 cm³/mol. The Hall–Kier alpha value is -5.26. The number of piperazine rings is 1. The number of pyridine rings is 1.